The number of amides is 1. The molecule has 0 bridgehead atoms. The van der Waals surface area contributed by atoms with Crippen LogP contribution in [0.5, 0.6) is 5.88 Å². The van der Waals surface area contributed by atoms with Crippen LogP contribution in [0.3, 0.4) is 0 Å². The molecule has 37 heavy (non-hydrogen) atoms. The molecule has 1 amide bonds. The molecule has 2 N–H and O–H groups in total. The van der Waals surface area contributed by atoms with Crippen LogP contribution < -0.4 is 15.4 Å². The van der Waals surface area contributed by atoms with Crippen molar-refractivity contribution in [3.8, 4) is 23.2 Å². The second-order valence-corrected chi connectivity index (χ2v) is 9.24. The van der Waals surface area contributed by atoms with Gasteiger partial charge in [-0.05, 0) is 49.7 Å². The van der Waals surface area contributed by atoms with E-state index in [1.807, 2.05) is 18.4 Å². The molecule has 2 aromatic carbocycles. The normalized spacial score (nSPS) is 14.7. The predicted octanol–water partition coefficient (Wildman–Crippen LogP) is 5.53. The van der Waals surface area contributed by atoms with Gasteiger partial charge in [0.05, 0.1) is 52.0 Å². The lowest BCUT2D eigenvalue weighted by atomic mass is 10.0. The Labute approximate surface area is 217 Å². The van der Waals surface area contributed by atoms with Crippen LogP contribution in [-0.4, -0.2) is 27.6 Å². The number of rotatable bonds is 5. The van der Waals surface area contributed by atoms with Gasteiger partial charge in [0.1, 0.15) is 6.04 Å². The third-order valence-electron chi connectivity index (χ3n) is 6.35. The number of anilines is 2. The van der Waals surface area contributed by atoms with Crippen LogP contribution in [-0.2, 0) is 0 Å². The Bertz CT molecular complexity index is 1580. The van der Waals surface area contributed by atoms with Gasteiger partial charge in [-0.15, -0.1) is 0 Å². The molecule has 2 aromatic heterocycles. The number of hydrogen-bond donors (Lipinski definition) is 1. The molecule has 0 spiro atoms. The zero-order valence-electron chi connectivity index (χ0n) is 20.2. The van der Waals surface area contributed by atoms with E-state index in [9.17, 15) is 10.1 Å². The van der Waals surface area contributed by atoms with E-state index < -0.39 is 11.9 Å². The van der Waals surface area contributed by atoms with Crippen molar-refractivity contribution in [1.82, 2.24) is 14.5 Å². The van der Waals surface area contributed by atoms with Crippen LogP contribution in [0, 0.1) is 17.1 Å². The van der Waals surface area contributed by atoms with E-state index in [4.69, 9.17) is 22.1 Å². The van der Waals surface area contributed by atoms with Gasteiger partial charge in [-0.1, -0.05) is 29.8 Å². The highest BCUT2D eigenvalue weighted by atomic mass is 35.5. The largest absolute Gasteiger partial charge is 0.480 e. The summed E-state index contributed by atoms with van der Waals surface area (Å²) in [5, 5.41) is 9.20. The van der Waals surface area contributed by atoms with E-state index in [0.29, 0.717) is 33.6 Å². The van der Waals surface area contributed by atoms with Crippen molar-refractivity contribution in [3.05, 3.63) is 88.0 Å². The third-order valence-corrected chi connectivity index (χ3v) is 6.64. The van der Waals surface area contributed by atoms with E-state index in [1.165, 1.54) is 24.1 Å². The standard InChI is InChI=1S/C27H22ClFN6O2/c1-14(2)34-21(18-13-32-27(31)33-25(18)37-3)11-17-24(34)23(16-9-7-15(12-30)8-10-16)35(26(17)36)20-6-4-5-19(28)22(20)29/h4-11,13-14,23H,1-3H3,(H2,31,32,33)/t23-/m1/s1. The van der Waals surface area contributed by atoms with Gasteiger partial charge in [-0.3, -0.25) is 9.69 Å². The number of nitrogens with zero attached hydrogens (tertiary/aromatic N) is 5. The molecule has 1 atom stereocenters. The molecule has 4 aromatic rings. The number of aromatic nitrogens is 3. The minimum Gasteiger partial charge on any atom is -0.480 e. The summed E-state index contributed by atoms with van der Waals surface area (Å²) in [6.07, 6.45) is 1.56. The molecule has 5 rings (SSSR count). The van der Waals surface area contributed by atoms with Gasteiger partial charge in [-0.25, -0.2) is 9.37 Å². The van der Waals surface area contributed by atoms with Crippen molar-refractivity contribution in [2.75, 3.05) is 17.7 Å². The molecule has 1 aliphatic heterocycles. The summed E-state index contributed by atoms with van der Waals surface area (Å²) in [5.41, 5.74) is 9.29. The van der Waals surface area contributed by atoms with Crippen LogP contribution in [0.2, 0.25) is 5.02 Å². The molecular formula is C27H22ClFN6O2. The smallest absolute Gasteiger partial charge is 0.261 e. The highest BCUT2D eigenvalue weighted by Gasteiger charge is 2.44. The Kier molecular flexibility index (Phi) is 6.05. The Morgan fingerprint density at radius 1 is 1.19 bits per heavy atom. The molecule has 0 saturated carbocycles. The van der Waals surface area contributed by atoms with Crippen LogP contribution in [0.1, 0.15) is 53.1 Å². The summed E-state index contributed by atoms with van der Waals surface area (Å²) in [6.45, 7) is 3.97. The quantitative estimate of drug-likeness (QED) is 0.373. The average molecular weight is 517 g/mol. The van der Waals surface area contributed by atoms with Crippen molar-refractivity contribution < 1.29 is 13.9 Å². The topological polar surface area (TPSA) is 110 Å². The lowest BCUT2D eigenvalue weighted by Crippen LogP contribution is -2.30. The van der Waals surface area contributed by atoms with Gasteiger partial charge in [0, 0.05) is 12.2 Å². The molecule has 186 valence electrons. The highest BCUT2D eigenvalue weighted by molar-refractivity contribution is 6.31. The Morgan fingerprint density at radius 3 is 2.57 bits per heavy atom. The van der Waals surface area contributed by atoms with Gasteiger partial charge in [-0.2, -0.15) is 10.2 Å². The molecule has 3 heterocycles. The number of nitrogens with two attached hydrogens (primary N) is 1. The van der Waals surface area contributed by atoms with Crippen molar-refractivity contribution in [3.63, 3.8) is 0 Å². The van der Waals surface area contributed by atoms with Crippen molar-refractivity contribution >= 4 is 29.1 Å². The zero-order chi connectivity index (χ0) is 26.4. The average Bonchev–Trinajstić information content (AvgIpc) is 3.41. The Hall–Kier alpha value is -4.42. The molecule has 0 saturated heterocycles. The van der Waals surface area contributed by atoms with Crippen LogP contribution in [0.15, 0.2) is 54.7 Å². The number of methoxy groups -OCH3 is 1. The minimum atomic E-state index is -0.694. The molecule has 0 radical (unpaired) electrons. The molecule has 0 aliphatic carbocycles. The number of carbonyl (C=O) groups is 1. The summed E-state index contributed by atoms with van der Waals surface area (Å²) in [4.78, 5) is 23.7. The summed E-state index contributed by atoms with van der Waals surface area (Å²) in [5.74, 6) is -0.747. The maximum atomic E-state index is 15.3. The first-order valence-corrected chi connectivity index (χ1v) is 11.8. The first-order chi connectivity index (χ1) is 17.8. The van der Waals surface area contributed by atoms with Gasteiger partial charge in [0.15, 0.2) is 5.82 Å². The first kappa shape index (κ1) is 24.3. The number of ether oxygens (including phenoxy) is 1. The number of fused-ring (bicyclic) bond motifs is 1. The second-order valence-electron chi connectivity index (χ2n) is 8.83. The van der Waals surface area contributed by atoms with E-state index in [-0.39, 0.29) is 34.5 Å². The maximum absolute atomic E-state index is 15.3. The number of benzene rings is 2. The predicted molar refractivity (Wildman–Crippen MR) is 138 cm³/mol. The van der Waals surface area contributed by atoms with Crippen molar-refractivity contribution in [2.45, 2.75) is 25.9 Å². The number of carbonyl (C=O) groups excluding carboxylic acids is 1. The van der Waals surface area contributed by atoms with Crippen molar-refractivity contribution in [1.29, 1.82) is 5.26 Å². The summed E-state index contributed by atoms with van der Waals surface area (Å²) >= 11 is 6.10. The van der Waals surface area contributed by atoms with Gasteiger partial charge < -0.3 is 15.0 Å². The van der Waals surface area contributed by atoms with E-state index in [0.717, 1.165) is 0 Å². The number of hydrogen-bond acceptors (Lipinski definition) is 6. The fraction of sp³-hybridized carbons (Fsp3) is 0.185. The van der Waals surface area contributed by atoms with Crippen LogP contribution >= 0.6 is 11.6 Å². The zero-order valence-corrected chi connectivity index (χ0v) is 21.0. The highest BCUT2D eigenvalue weighted by Crippen LogP contribution is 2.47. The monoisotopic (exact) mass is 516 g/mol. The van der Waals surface area contributed by atoms with Gasteiger partial charge in [0.2, 0.25) is 11.8 Å². The van der Waals surface area contributed by atoms with Crippen molar-refractivity contribution in [2.24, 2.45) is 0 Å². The molecule has 10 heteroatoms. The lowest BCUT2D eigenvalue weighted by Gasteiger charge is -2.29. The summed E-state index contributed by atoms with van der Waals surface area (Å²) < 4.78 is 22.7. The lowest BCUT2D eigenvalue weighted by molar-refractivity contribution is 0.0992. The number of nitrogen functional groups attached to an aromatic ring is 1. The molecule has 1 aliphatic rings. The third kappa shape index (κ3) is 3.86. The van der Waals surface area contributed by atoms with Gasteiger partial charge in [0.25, 0.3) is 5.91 Å². The molecule has 8 nitrogen and oxygen atoms in total. The molecule has 0 unspecified atom stereocenters. The Morgan fingerprint density at radius 2 is 1.92 bits per heavy atom. The van der Waals surface area contributed by atoms with E-state index >= 15 is 4.39 Å². The minimum absolute atomic E-state index is 0.0601. The molecule has 0 fully saturated rings. The van der Waals surface area contributed by atoms with E-state index in [2.05, 4.69) is 16.0 Å². The SMILES string of the molecule is COc1nc(N)ncc1-c1cc2c(n1C(C)C)[C@@H](c1ccc(C#N)cc1)N(c1cccc(Cl)c1F)C2=O. The fourth-order valence-corrected chi connectivity index (χ4v) is 4.98. The first-order valence-electron chi connectivity index (χ1n) is 11.5. The molecular weight excluding hydrogens is 495 g/mol. The fourth-order valence-electron chi connectivity index (χ4n) is 4.81. The summed E-state index contributed by atoms with van der Waals surface area (Å²) in [6, 6.07) is 14.5. The maximum Gasteiger partial charge on any atom is 0.261 e. The number of halogens is 2. The van der Waals surface area contributed by atoms with Crippen LogP contribution in [0.25, 0.3) is 11.3 Å². The van der Waals surface area contributed by atoms with Crippen LogP contribution in [0.4, 0.5) is 16.0 Å². The van der Waals surface area contributed by atoms with E-state index in [1.54, 1.807) is 42.6 Å². The van der Waals surface area contributed by atoms with Gasteiger partial charge >= 0.3 is 0 Å². The Balaban J connectivity index is 1.80. The second kappa shape index (κ2) is 9.22. The number of nitriles is 1. The summed E-state index contributed by atoms with van der Waals surface area (Å²) in [7, 11) is 1.48.